The van der Waals surface area contributed by atoms with Gasteiger partial charge in [0.05, 0.1) is 16.6 Å². The minimum absolute atomic E-state index is 0.934. The molecule has 160 valence electrons. The van der Waals surface area contributed by atoms with Crippen molar-refractivity contribution in [3.05, 3.63) is 114 Å². The highest BCUT2D eigenvalue weighted by atomic mass is 15.0. The summed E-state index contributed by atoms with van der Waals surface area (Å²) in [5.74, 6) is 0. The first-order chi connectivity index (χ1) is 16.4. The maximum atomic E-state index is 2.60. The van der Waals surface area contributed by atoms with Gasteiger partial charge in [-0.3, -0.25) is 0 Å². The molecule has 0 amide bonds. The van der Waals surface area contributed by atoms with Crippen molar-refractivity contribution in [2.75, 3.05) is 0 Å². The SMILES string of the molecule is c1ccc(Cn2c3c(c4cc5c6ccccc6n(-c6ccccc6)c5cc42)CCCC3)cc1. The molecule has 1 aliphatic rings. The van der Waals surface area contributed by atoms with Gasteiger partial charge in [0.2, 0.25) is 0 Å². The summed E-state index contributed by atoms with van der Waals surface area (Å²) in [6.07, 6.45) is 4.95. The number of fused-ring (bicyclic) bond motifs is 6. The van der Waals surface area contributed by atoms with Crippen LogP contribution in [0.5, 0.6) is 0 Å². The van der Waals surface area contributed by atoms with E-state index in [0.29, 0.717) is 0 Å². The molecule has 4 aromatic carbocycles. The highest BCUT2D eigenvalue weighted by molar-refractivity contribution is 6.13. The molecule has 2 heterocycles. The zero-order valence-corrected chi connectivity index (χ0v) is 18.7. The molecule has 0 saturated heterocycles. The molecular formula is C31H26N2. The Morgan fingerprint density at radius 2 is 1.30 bits per heavy atom. The van der Waals surface area contributed by atoms with Crippen molar-refractivity contribution < 1.29 is 0 Å². The number of para-hydroxylation sites is 2. The van der Waals surface area contributed by atoms with Crippen molar-refractivity contribution in [2.24, 2.45) is 0 Å². The first-order valence-corrected chi connectivity index (χ1v) is 12.0. The Bertz CT molecular complexity index is 1620. The van der Waals surface area contributed by atoms with E-state index in [1.807, 2.05) is 0 Å². The van der Waals surface area contributed by atoms with Crippen LogP contribution in [0.4, 0.5) is 0 Å². The fraction of sp³-hybridized carbons (Fsp3) is 0.161. The lowest BCUT2D eigenvalue weighted by molar-refractivity contribution is 0.638. The number of aryl methyl sites for hydroxylation is 1. The summed E-state index contributed by atoms with van der Waals surface area (Å²) in [6, 6.07) is 35.5. The van der Waals surface area contributed by atoms with Gasteiger partial charge in [0, 0.05) is 34.1 Å². The van der Waals surface area contributed by atoms with Gasteiger partial charge in [-0.1, -0.05) is 66.7 Å². The molecule has 6 aromatic rings. The van der Waals surface area contributed by atoms with Crippen LogP contribution >= 0.6 is 0 Å². The molecule has 0 N–H and O–H groups in total. The maximum Gasteiger partial charge on any atom is 0.0562 e. The third-order valence-corrected chi connectivity index (χ3v) is 7.37. The second kappa shape index (κ2) is 7.38. The second-order valence-corrected chi connectivity index (χ2v) is 9.28. The Hall–Kier alpha value is -3.78. The normalized spacial score (nSPS) is 13.7. The van der Waals surface area contributed by atoms with E-state index in [4.69, 9.17) is 0 Å². The van der Waals surface area contributed by atoms with Crippen molar-refractivity contribution in [1.82, 2.24) is 9.13 Å². The van der Waals surface area contributed by atoms with Crippen LogP contribution in [0, 0.1) is 0 Å². The van der Waals surface area contributed by atoms with Gasteiger partial charge in [-0.05, 0) is 67.1 Å². The van der Waals surface area contributed by atoms with E-state index in [9.17, 15) is 0 Å². The van der Waals surface area contributed by atoms with Crippen LogP contribution in [0.3, 0.4) is 0 Å². The fourth-order valence-corrected chi connectivity index (χ4v) is 5.89. The number of rotatable bonds is 3. The van der Waals surface area contributed by atoms with Crippen LogP contribution in [0.2, 0.25) is 0 Å². The van der Waals surface area contributed by atoms with Gasteiger partial charge in [0.15, 0.2) is 0 Å². The molecule has 2 heteroatoms. The average molecular weight is 427 g/mol. The summed E-state index contributed by atoms with van der Waals surface area (Å²) in [4.78, 5) is 0. The summed E-state index contributed by atoms with van der Waals surface area (Å²) < 4.78 is 5.04. The predicted molar refractivity (Wildman–Crippen MR) is 138 cm³/mol. The van der Waals surface area contributed by atoms with Crippen LogP contribution in [0.1, 0.15) is 29.7 Å². The number of benzene rings is 4. The van der Waals surface area contributed by atoms with E-state index >= 15 is 0 Å². The van der Waals surface area contributed by atoms with Crippen molar-refractivity contribution >= 4 is 32.7 Å². The van der Waals surface area contributed by atoms with E-state index in [2.05, 4.69) is 106 Å². The third-order valence-electron chi connectivity index (χ3n) is 7.37. The molecule has 1 aliphatic carbocycles. The van der Waals surface area contributed by atoms with Crippen LogP contribution in [-0.2, 0) is 19.4 Å². The lowest BCUT2D eigenvalue weighted by Gasteiger charge is -2.16. The molecule has 0 spiro atoms. The lowest BCUT2D eigenvalue weighted by atomic mass is 9.95. The summed E-state index contributed by atoms with van der Waals surface area (Å²) in [5, 5.41) is 4.13. The molecule has 0 saturated carbocycles. The Morgan fingerprint density at radius 3 is 2.15 bits per heavy atom. The Morgan fingerprint density at radius 1 is 0.576 bits per heavy atom. The van der Waals surface area contributed by atoms with Crippen molar-refractivity contribution in [3.8, 4) is 5.69 Å². The van der Waals surface area contributed by atoms with E-state index in [1.165, 1.54) is 69.6 Å². The zero-order valence-electron chi connectivity index (χ0n) is 18.7. The molecule has 2 nitrogen and oxygen atoms in total. The van der Waals surface area contributed by atoms with Gasteiger partial charge in [0.1, 0.15) is 0 Å². The summed E-state index contributed by atoms with van der Waals surface area (Å²) in [6.45, 7) is 0.934. The Labute approximate surface area is 193 Å². The van der Waals surface area contributed by atoms with Gasteiger partial charge < -0.3 is 9.13 Å². The van der Waals surface area contributed by atoms with Gasteiger partial charge >= 0.3 is 0 Å². The number of nitrogens with zero attached hydrogens (tertiary/aromatic N) is 2. The molecule has 0 aliphatic heterocycles. The van der Waals surface area contributed by atoms with Crippen LogP contribution in [0.25, 0.3) is 38.4 Å². The molecule has 0 radical (unpaired) electrons. The maximum absolute atomic E-state index is 2.60. The molecular weight excluding hydrogens is 400 g/mol. The van der Waals surface area contributed by atoms with Crippen LogP contribution in [0.15, 0.2) is 97.1 Å². The Balaban J connectivity index is 1.58. The quantitative estimate of drug-likeness (QED) is 0.275. The molecule has 0 bridgehead atoms. The molecule has 7 rings (SSSR count). The molecule has 2 aromatic heterocycles. The summed E-state index contributed by atoms with van der Waals surface area (Å²) in [7, 11) is 0. The van der Waals surface area contributed by atoms with E-state index in [-0.39, 0.29) is 0 Å². The second-order valence-electron chi connectivity index (χ2n) is 9.28. The van der Waals surface area contributed by atoms with E-state index < -0.39 is 0 Å². The highest BCUT2D eigenvalue weighted by Crippen LogP contribution is 2.39. The molecule has 0 unspecified atom stereocenters. The molecule has 0 atom stereocenters. The minimum atomic E-state index is 0.934. The number of hydrogen-bond acceptors (Lipinski definition) is 0. The highest BCUT2D eigenvalue weighted by Gasteiger charge is 2.22. The van der Waals surface area contributed by atoms with Crippen molar-refractivity contribution in [2.45, 2.75) is 32.2 Å². The van der Waals surface area contributed by atoms with Gasteiger partial charge in [-0.25, -0.2) is 0 Å². The topological polar surface area (TPSA) is 9.86 Å². The molecule has 33 heavy (non-hydrogen) atoms. The zero-order chi connectivity index (χ0) is 21.8. The predicted octanol–water partition coefficient (Wildman–Crippen LogP) is 7.67. The average Bonchev–Trinajstić information content (AvgIpc) is 3.36. The Kier molecular flexibility index (Phi) is 4.20. The summed E-state index contributed by atoms with van der Waals surface area (Å²) >= 11 is 0. The number of hydrogen-bond donors (Lipinski definition) is 0. The van der Waals surface area contributed by atoms with Crippen molar-refractivity contribution in [1.29, 1.82) is 0 Å². The van der Waals surface area contributed by atoms with Gasteiger partial charge in [-0.15, -0.1) is 0 Å². The molecule has 0 fully saturated rings. The van der Waals surface area contributed by atoms with Crippen LogP contribution in [-0.4, -0.2) is 9.13 Å². The third kappa shape index (κ3) is 2.87. The van der Waals surface area contributed by atoms with Gasteiger partial charge in [0.25, 0.3) is 0 Å². The fourth-order valence-electron chi connectivity index (χ4n) is 5.89. The number of aromatic nitrogens is 2. The van der Waals surface area contributed by atoms with Crippen molar-refractivity contribution in [3.63, 3.8) is 0 Å². The smallest absolute Gasteiger partial charge is 0.0562 e. The van der Waals surface area contributed by atoms with E-state index in [1.54, 1.807) is 11.3 Å². The monoisotopic (exact) mass is 426 g/mol. The van der Waals surface area contributed by atoms with Crippen LogP contribution < -0.4 is 0 Å². The van der Waals surface area contributed by atoms with E-state index in [0.717, 1.165) is 6.54 Å². The lowest BCUT2D eigenvalue weighted by Crippen LogP contribution is -2.09. The largest absolute Gasteiger partial charge is 0.340 e. The summed E-state index contributed by atoms with van der Waals surface area (Å²) in [5.41, 5.74) is 9.64. The van der Waals surface area contributed by atoms with Gasteiger partial charge in [-0.2, -0.15) is 0 Å². The first kappa shape index (κ1) is 18.8. The minimum Gasteiger partial charge on any atom is -0.340 e. The first-order valence-electron chi connectivity index (χ1n) is 12.0. The standard InChI is InChI=1S/C31H26N2/c1-3-11-22(12-4-1)21-32-28-17-9-7-15-24(28)26-19-27-25-16-8-10-18-29(25)33(31(27)20-30(26)32)23-13-5-2-6-14-23/h1-6,8,10-14,16,18-20H,7,9,15,17,21H2.